The highest BCUT2D eigenvalue weighted by molar-refractivity contribution is 5.35. The smallest absolute Gasteiger partial charge is 0.225 e. The number of morpholine rings is 1. The number of anilines is 1. The van der Waals surface area contributed by atoms with Crippen LogP contribution in [0.2, 0.25) is 0 Å². The molecule has 4 rings (SSSR count). The Bertz CT molecular complexity index is 714. The molecule has 1 aromatic heterocycles. The van der Waals surface area contributed by atoms with Gasteiger partial charge >= 0.3 is 0 Å². The molecule has 0 radical (unpaired) electrons. The van der Waals surface area contributed by atoms with E-state index in [1.807, 2.05) is 18.3 Å². The Morgan fingerprint density at radius 1 is 1.12 bits per heavy atom. The minimum absolute atomic E-state index is 0.760. The molecule has 1 aromatic carbocycles. The molecule has 2 aromatic rings. The van der Waals surface area contributed by atoms with Crippen molar-refractivity contribution in [3.8, 4) is 5.75 Å². The molecule has 2 aliphatic heterocycles. The summed E-state index contributed by atoms with van der Waals surface area (Å²) in [6, 6.07) is 8.30. The Morgan fingerprint density at radius 2 is 1.92 bits per heavy atom. The number of benzene rings is 1. The lowest BCUT2D eigenvalue weighted by Gasteiger charge is -2.30. The minimum atomic E-state index is 0.760. The standard InChI is InChI=1S/C19H24N4O2/c1-24-17-4-2-15(3-5-17)13-22-7-6-18-16(14-22)12-20-19(21-18)23-8-10-25-11-9-23/h2-5,12H,6-11,13-14H2,1H3. The van der Waals surface area contributed by atoms with Crippen molar-refractivity contribution in [1.82, 2.24) is 14.9 Å². The average Bonchev–Trinajstić information content (AvgIpc) is 2.69. The van der Waals surface area contributed by atoms with Gasteiger partial charge in [0.25, 0.3) is 0 Å². The Balaban J connectivity index is 1.42. The van der Waals surface area contributed by atoms with Crippen molar-refractivity contribution in [2.45, 2.75) is 19.5 Å². The first-order valence-electron chi connectivity index (χ1n) is 8.84. The maximum absolute atomic E-state index is 5.41. The molecule has 132 valence electrons. The van der Waals surface area contributed by atoms with Crippen LogP contribution in [0.1, 0.15) is 16.8 Å². The first-order valence-corrected chi connectivity index (χ1v) is 8.84. The third-order valence-corrected chi connectivity index (χ3v) is 4.86. The van der Waals surface area contributed by atoms with Crippen molar-refractivity contribution in [3.63, 3.8) is 0 Å². The van der Waals surface area contributed by atoms with Crippen LogP contribution in [0.4, 0.5) is 5.95 Å². The van der Waals surface area contributed by atoms with E-state index in [1.165, 1.54) is 16.8 Å². The second-order valence-electron chi connectivity index (χ2n) is 6.55. The molecule has 0 amide bonds. The van der Waals surface area contributed by atoms with Gasteiger partial charge in [-0.2, -0.15) is 0 Å². The summed E-state index contributed by atoms with van der Waals surface area (Å²) in [5, 5.41) is 0. The Morgan fingerprint density at radius 3 is 2.68 bits per heavy atom. The Labute approximate surface area is 148 Å². The van der Waals surface area contributed by atoms with Gasteiger partial charge in [-0.05, 0) is 17.7 Å². The van der Waals surface area contributed by atoms with Gasteiger partial charge in [0.05, 0.1) is 26.0 Å². The van der Waals surface area contributed by atoms with Gasteiger partial charge in [-0.15, -0.1) is 0 Å². The molecule has 0 bridgehead atoms. The first kappa shape index (κ1) is 16.3. The fourth-order valence-corrected chi connectivity index (χ4v) is 3.40. The van der Waals surface area contributed by atoms with E-state index in [0.717, 1.165) is 64.1 Å². The lowest BCUT2D eigenvalue weighted by atomic mass is 10.1. The zero-order chi connectivity index (χ0) is 17.1. The molecular formula is C19H24N4O2. The molecule has 6 nitrogen and oxygen atoms in total. The number of hydrogen-bond acceptors (Lipinski definition) is 6. The van der Waals surface area contributed by atoms with Crippen molar-refractivity contribution < 1.29 is 9.47 Å². The van der Waals surface area contributed by atoms with Crippen LogP contribution >= 0.6 is 0 Å². The molecule has 0 aliphatic carbocycles. The summed E-state index contributed by atoms with van der Waals surface area (Å²) < 4.78 is 10.6. The van der Waals surface area contributed by atoms with Crippen LogP contribution in [-0.2, 0) is 24.2 Å². The van der Waals surface area contributed by atoms with Crippen molar-refractivity contribution >= 4 is 5.95 Å². The van der Waals surface area contributed by atoms with Gasteiger partial charge in [0.1, 0.15) is 5.75 Å². The molecular weight excluding hydrogens is 316 g/mol. The van der Waals surface area contributed by atoms with Crippen molar-refractivity contribution in [1.29, 1.82) is 0 Å². The average molecular weight is 340 g/mol. The van der Waals surface area contributed by atoms with Crippen LogP contribution in [-0.4, -0.2) is 54.8 Å². The second kappa shape index (κ2) is 7.37. The van der Waals surface area contributed by atoms with Crippen LogP contribution in [0.3, 0.4) is 0 Å². The summed E-state index contributed by atoms with van der Waals surface area (Å²) in [5.74, 6) is 1.75. The number of fused-ring (bicyclic) bond motifs is 1. The molecule has 0 unspecified atom stereocenters. The van der Waals surface area contributed by atoms with E-state index in [-0.39, 0.29) is 0 Å². The summed E-state index contributed by atoms with van der Waals surface area (Å²) in [6.07, 6.45) is 2.98. The van der Waals surface area contributed by atoms with Crippen molar-refractivity contribution in [3.05, 3.63) is 47.3 Å². The number of rotatable bonds is 4. The minimum Gasteiger partial charge on any atom is -0.497 e. The summed E-state index contributed by atoms with van der Waals surface area (Å²) in [7, 11) is 1.70. The quantitative estimate of drug-likeness (QED) is 0.847. The molecule has 1 fully saturated rings. The van der Waals surface area contributed by atoms with E-state index in [0.29, 0.717) is 0 Å². The van der Waals surface area contributed by atoms with Crippen LogP contribution < -0.4 is 9.64 Å². The first-order chi connectivity index (χ1) is 12.3. The molecule has 6 heteroatoms. The zero-order valence-corrected chi connectivity index (χ0v) is 14.6. The van der Waals surface area contributed by atoms with Gasteiger partial charge < -0.3 is 14.4 Å². The molecule has 0 spiro atoms. The van der Waals surface area contributed by atoms with Crippen LogP contribution in [0.25, 0.3) is 0 Å². The van der Waals surface area contributed by atoms with Gasteiger partial charge in [-0.25, -0.2) is 9.97 Å². The second-order valence-corrected chi connectivity index (χ2v) is 6.55. The summed E-state index contributed by atoms with van der Waals surface area (Å²) in [5.41, 5.74) is 3.74. The Hall–Kier alpha value is -2.18. The molecule has 25 heavy (non-hydrogen) atoms. The predicted molar refractivity (Wildman–Crippen MR) is 95.9 cm³/mol. The predicted octanol–water partition coefficient (Wildman–Crippen LogP) is 1.88. The number of methoxy groups -OCH3 is 1. The topological polar surface area (TPSA) is 50.7 Å². The monoisotopic (exact) mass is 340 g/mol. The maximum atomic E-state index is 5.41. The third kappa shape index (κ3) is 3.75. The number of hydrogen-bond donors (Lipinski definition) is 0. The van der Waals surface area contributed by atoms with Gasteiger partial charge in [0.15, 0.2) is 0 Å². The summed E-state index contributed by atoms with van der Waals surface area (Å²) in [6.45, 7) is 6.15. The van der Waals surface area contributed by atoms with E-state index in [9.17, 15) is 0 Å². The van der Waals surface area contributed by atoms with E-state index in [1.54, 1.807) is 7.11 Å². The van der Waals surface area contributed by atoms with Crippen LogP contribution in [0.15, 0.2) is 30.5 Å². The SMILES string of the molecule is COc1ccc(CN2CCc3nc(N4CCOCC4)ncc3C2)cc1. The number of nitrogens with zero attached hydrogens (tertiary/aromatic N) is 4. The lowest BCUT2D eigenvalue weighted by molar-refractivity contribution is 0.122. The molecule has 0 N–H and O–H groups in total. The zero-order valence-electron chi connectivity index (χ0n) is 14.6. The summed E-state index contributed by atoms with van der Waals surface area (Å²) >= 11 is 0. The normalized spacial score (nSPS) is 18.0. The molecule has 0 atom stereocenters. The van der Waals surface area contributed by atoms with E-state index in [2.05, 4.69) is 26.9 Å². The van der Waals surface area contributed by atoms with E-state index < -0.39 is 0 Å². The number of ether oxygens (including phenoxy) is 2. The molecule has 2 aliphatic rings. The fourth-order valence-electron chi connectivity index (χ4n) is 3.40. The molecule has 0 saturated carbocycles. The molecule has 3 heterocycles. The highest BCUT2D eigenvalue weighted by Gasteiger charge is 2.21. The number of aromatic nitrogens is 2. The molecule has 1 saturated heterocycles. The van der Waals surface area contributed by atoms with Gasteiger partial charge in [-0.1, -0.05) is 12.1 Å². The summed E-state index contributed by atoms with van der Waals surface area (Å²) in [4.78, 5) is 14.1. The van der Waals surface area contributed by atoms with Gasteiger partial charge in [0.2, 0.25) is 5.95 Å². The van der Waals surface area contributed by atoms with Crippen molar-refractivity contribution in [2.75, 3.05) is 44.9 Å². The lowest BCUT2D eigenvalue weighted by Crippen LogP contribution is -2.38. The van der Waals surface area contributed by atoms with Gasteiger partial charge in [0, 0.05) is 50.9 Å². The fraction of sp³-hybridized carbons (Fsp3) is 0.474. The van der Waals surface area contributed by atoms with Crippen LogP contribution in [0.5, 0.6) is 5.75 Å². The van der Waals surface area contributed by atoms with Crippen molar-refractivity contribution in [2.24, 2.45) is 0 Å². The maximum Gasteiger partial charge on any atom is 0.225 e. The Kier molecular flexibility index (Phi) is 4.81. The highest BCUT2D eigenvalue weighted by atomic mass is 16.5. The van der Waals surface area contributed by atoms with E-state index >= 15 is 0 Å². The highest BCUT2D eigenvalue weighted by Crippen LogP contribution is 2.22. The largest absolute Gasteiger partial charge is 0.497 e. The van der Waals surface area contributed by atoms with Crippen LogP contribution in [0, 0.1) is 0 Å². The van der Waals surface area contributed by atoms with E-state index in [4.69, 9.17) is 14.5 Å². The van der Waals surface area contributed by atoms with Gasteiger partial charge in [-0.3, -0.25) is 4.90 Å². The third-order valence-electron chi connectivity index (χ3n) is 4.86.